The van der Waals surface area contributed by atoms with Gasteiger partial charge in [0, 0.05) is 16.5 Å². The Morgan fingerprint density at radius 1 is 1.04 bits per heavy atom. The lowest BCUT2D eigenvalue weighted by atomic mass is 10.0. The highest BCUT2D eigenvalue weighted by atomic mass is 35.5. The summed E-state index contributed by atoms with van der Waals surface area (Å²) in [5, 5.41) is 5.39. The van der Waals surface area contributed by atoms with E-state index in [9.17, 15) is 4.79 Å². The number of carbonyl (C=O) groups is 1. The van der Waals surface area contributed by atoms with E-state index in [1.165, 1.54) is 0 Å². The number of rotatable bonds is 4. The van der Waals surface area contributed by atoms with Gasteiger partial charge in [-0.15, -0.1) is 0 Å². The Morgan fingerprint density at radius 2 is 1.83 bits per heavy atom. The highest BCUT2D eigenvalue weighted by Crippen LogP contribution is 2.34. The van der Waals surface area contributed by atoms with Crippen LogP contribution in [0, 0.1) is 0 Å². The number of nitrogens with one attached hydrogen (secondary N) is 1. The molecule has 0 saturated carbocycles. The summed E-state index contributed by atoms with van der Waals surface area (Å²) >= 11 is 6.04. The number of halogens is 1. The normalized spacial score (nSPS) is 10.8. The maximum Gasteiger partial charge on any atom is 0.255 e. The van der Waals surface area contributed by atoms with Gasteiger partial charge in [0.05, 0.1) is 5.56 Å². The molecule has 0 aliphatic rings. The molecule has 0 spiro atoms. The molecule has 0 aliphatic carbocycles. The van der Waals surface area contributed by atoms with Gasteiger partial charge in [-0.25, -0.2) is 0 Å². The molecule has 24 heavy (non-hydrogen) atoms. The van der Waals surface area contributed by atoms with Crippen LogP contribution in [0.3, 0.4) is 0 Å². The molecule has 3 aromatic rings. The van der Waals surface area contributed by atoms with Gasteiger partial charge in [0.25, 0.3) is 5.91 Å². The molecule has 0 saturated heterocycles. The molecule has 1 amide bonds. The zero-order valence-corrected chi connectivity index (χ0v) is 14.3. The van der Waals surface area contributed by atoms with Gasteiger partial charge in [0.15, 0.2) is 0 Å². The molecular formula is C20H18ClNO2. The van der Waals surface area contributed by atoms with Crippen LogP contribution in [-0.4, -0.2) is 11.9 Å². The van der Waals surface area contributed by atoms with Crippen molar-refractivity contribution in [1.29, 1.82) is 0 Å². The van der Waals surface area contributed by atoms with Crippen molar-refractivity contribution >= 4 is 28.3 Å². The summed E-state index contributed by atoms with van der Waals surface area (Å²) in [7, 11) is 0. The zero-order valence-electron chi connectivity index (χ0n) is 13.5. The van der Waals surface area contributed by atoms with Crippen molar-refractivity contribution in [2.24, 2.45) is 0 Å². The quantitative estimate of drug-likeness (QED) is 0.688. The lowest BCUT2D eigenvalue weighted by molar-refractivity contribution is 0.0941. The smallest absolute Gasteiger partial charge is 0.255 e. The minimum atomic E-state index is -0.159. The Kier molecular flexibility index (Phi) is 4.72. The van der Waals surface area contributed by atoms with Crippen LogP contribution in [0.5, 0.6) is 11.5 Å². The van der Waals surface area contributed by atoms with Crippen molar-refractivity contribution in [2.75, 3.05) is 0 Å². The predicted octanol–water partition coefficient (Wildman–Crippen LogP) is 5.42. The number of hydrogen-bond donors (Lipinski definition) is 1. The van der Waals surface area contributed by atoms with Crippen LogP contribution in [0.1, 0.15) is 24.2 Å². The molecule has 3 rings (SSSR count). The van der Waals surface area contributed by atoms with E-state index in [0.29, 0.717) is 22.1 Å². The Balaban J connectivity index is 2.12. The van der Waals surface area contributed by atoms with Crippen molar-refractivity contribution < 1.29 is 9.53 Å². The van der Waals surface area contributed by atoms with Gasteiger partial charge >= 0.3 is 0 Å². The second-order valence-corrected chi connectivity index (χ2v) is 6.29. The highest BCUT2D eigenvalue weighted by Gasteiger charge is 2.17. The third kappa shape index (κ3) is 3.52. The molecule has 0 radical (unpaired) electrons. The van der Waals surface area contributed by atoms with Gasteiger partial charge < -0.3 is 10.1 Å². The summed E-state index contributed by atoms with van der Waals surface area (Å²) in [4.78, 5) is 12.6. The molecule has 1 N–H and O–H groups in total. The van der Waals surface area contributed by atoms with Crippen LogP contribution >= 0.6 is 11.6 Å². The van der Waals surface area contributed by atoms with E-state index in [-0.39, 0.29) is 11.9 Å². The fourth-order valence-electron chi connectivity index (χ4n) is 2.52. The molecule has 3 nitrogen and oxygen atoms in total. The third-order valence-electron chi connectivity index (χ3n) is 3.56. The monoisotopic (exact) mass is 339 g/mol. The van der Waals surface area contributed by atoms with E-state index < -0.39 is 0 Å². The number of carbonyl (C=O) groups excluding carboxylic acids is 1. The Labute approximate surface area is 146 Å². The summed E-state index contributed by atoms with van der Waals surface area (Å²) in [5.41, 5.74) is 0.502. The van der Waals surface area contributed by atoms with Gasteiger partial charge in [0.1, 0.15) is 11.5 Å². The predicted molar refractivity (Wildman–Crippen MR) is 98.1 cm³/mol. The summed E-state index contributed by atoms with van der Waals surface area (Å²) in [6.45, 7) is 3.85. The minimum Gasteiger partial charge on any atom is -0.456 e. The molecule has 0 atom stereocenters. The van der Waals surface area contributed by atoms with Crippen molar-refractivity contribution in [3.63, 3.8) is 0 Å². The Hall–Kier alpha value is -2.52. The highest BCUT2D eigenvalue weighted by molar-refractivity contribution is 6.30. The maximum atomic E-state index is 12.6. The first-order chi connectivity index (χ1) is 11.5. The average molecular weight is 340 g/mol. The number of amides is 1. The van der Waals surface area contributed by atoms with Crippen molar-refractivity contribution in [3.8, 4) is 11.5 Å². The number of benzene rings is 3. The van der Waals surface area contributed by atoms with E-state index >= 15 is 0 Å². The fourth-order valence-corrected chi connectivity index (χ4v) is 2.70. The van der Waals surface area contributed by atoms with Gasteiger partial charge in [-0.3, -0.25) is 4.79 Å². The van der Waals surface area contributed by atoms with Gasteiger partial charge in [0.2, 0.25) is 0 Å². The van der Waals surface area contributed by atoms with E-state index in [1.54, 1.807) is 18.2 Å². The molecule has 122 valence electrons. The van der Waals surface area contributed by atoms with E-state index in [0.717, 1.165) is 10.8 Å². The van der Waals surface area contributed by atoms with Crippen LogP contribution in [0.15, 0.2) is 60.7 Å². The molecule has 0 bridgehead atoms. The summed E-state index contributed by atoms with van der Waals surface area (Å²) in [5.74, 6) is 0.971. The first-order valence-corrected chi connectivity index (χ1v) is 8.18. The SMILES string of the molecule is CC(C)NC(=O)c1ccc2ccccc2c1Oc1cccc(Cl)c1. The molecule has 3 aromatic carbocycles. The Morgan fingerprint density at radius 3 is 2.58 bits per heavy atom. The number of fused-ring (bicyclic) bond motifs is 1. The average Bonchev–Trinajstić information content (AvgIpc) is 2.54. The third-order valence-corrected chi connectivity index (χ3v) is 3.80. The van der Waals surface area contributed by atoms with Crippen molar-refractivity contribution in [2.45, 2.75) is 19.9 Å². The summed E-state index contributed by atoms with van der Waals surface area (Å²) in [6, 6.07) is 18.7. The van der Waals surface area contributed by atoms with E-state index in [1.807, 2.05) is 56.3 Å². The van der Waals surface area contributed by atoms with E-state index in [4.69, 9.17) is 16.3 Å². The van der Waals surface area contributed by atoms with Crippen LogP contribution in [0.2, 0.25) is 5.02 Å². The maximum absolute atomic E-state index is 12.6. The summed E-state index contributed by atoms with van der Waals surface area (Å²) < 4.78 is 6.06. The molecular weight excluding hydrogens is 322 g/mol. The first-order valence-electron chi connectivity index (χ1n) is 7.80. The van der Waals surface area contributed by atoms with E-state index in [2.05, 4.69) is 5.32 Å². The molecule has 4 heteroatoms. The standard InChI is InChI=1S/C20H18ClNO2/c1-13(2)22-20(23)18-11-10-14-6-3-4-9-17(14)19(18)24-16-8-5-7-15(21)12-16/h3-13H,1-2H3,(H,22,23). The van der Waals surface area contributed by atoms with Crippen LogP contribution in [0.25, 0.3) is 10.8 Å². The van der Waals surface area contributed by atoms with Gasteiger partial charge in [-0.1, -0.05) is 48.0 Å². The lowest BCUT2D eigenvalue weighted by Crippen LogP contribution is -2.30. The number of ether oxygens (including phenoxy) is 1. The number of hydrogen-bond acceptors (Lipinski definition) is 2. The van der Waals surface area contributed by atoms with Crippen LogP contribution in [0.4, 0.5) is 0 Å². The fraction of sp³-hybridized carbons (Fsp3) is 0.150. The first kappa shape index (κ1) is 16.3. The van der Waals surface area contributed by atoms with Crippen molar-refractivity contribution in [3.05, 3.63) is 71.2 Å². The second-order valence-electron chi connectivity index (χ2n) is 5.85. The van der Waals surface area contributed by atoms with Gasteiger partial charge in [-0.2, -0.15) is 0 Å². The molecule has 0 aliphatic heterocycles. The zero-order chi connectivity index (χ0) is 17.1. The largest absolute Gasteiger partial charge is 0.456 e. The van der Waals surface area contributed by atoms with Crippen molar-refractivity contribution in [1.82, 2.24) is 5.32 Å². The van der Waals surface area contributed by atoms with Gasteiger partial charge in [-0.05, 0) is 43.5 Å². The lowest BCUT2D eigenvalue weighted by Gasteiger charge is -2.15. The summed E-state index contributed by atoms with van der Waals surface area (Å²) in [6.07, 6.45) is 0. The molecule has 0 heterocycles. The minimum absolute atomic E-state index is 0.0444. The molecule has 0 fully saturated rings. The Bertz CT molecular complexity index is 890. The van der Waals surface area contributed by atoms with Crippen LogP contribution < -0.4 is 10.1 Å². The van der Waals surface area contributed by atoms with Crippen LogP contribution in [-0.2, 0) is 0 Å². The second kappa shape index (κ2) is 6.93. The topological polar surface area (TPSA) is 38.3 Å². The molecule has 0 unspecified atom stereocenters. The molecule has 0 aromatic heterocycles.